The first-order valence-corrected chi connectivity index (χ1v) is 9.04. The van der Waals surface area contributed by atoms with Gasteiger partial charge in [-0.25, -0.2) is 4.68 Å². The number of halogens is 3. The van der Waals surface area contributed by atoms with E-state index in [2.05, 4.69) is 4.74 Å². The Morgan fingerprint density at radius 1 is 1.11 bits per heavy atom. The first-order valence-electron chi connectivity index (χ1n) is 9.04. The van der Waals surface area contributed by atoms with Crippen LogP contribution in [0.5, 0.6) is 5.75 Å². The highest BCUT2D eigenvalue weighted by Crippen LogP contribution is 2.42. The third-order valence-corrected chi connectivity index (χ3v) is 5.20. The summed E-state index contributed by atoms with van der Waals surface area (Å²) in [7, 11) is 0. The van der Waals surface area contributed by atoms with E-state index < -0.39 is 12.1 Å². The lowest BCUT2D eigenvalue weighted by atomic mass is 9.83. The van der Waals surface area contributed by atoms with Gasteiger partial charge in [-0.2, -0.15) is 5.10 Å². The van der Waals surface area contributed by atoms with Crippen molar-refractivity contribution in [1.29, 1.82) is 0 Å². The molecule has 0 unspecified atom stereocenters. The van der Waals surface area contributed by atoms with Crippen LogP contribution in [0, 0.1) is 6.92 Å². The zero-order valence-corrected chi connectivity index (χ0v) is 15.0. The van der Waals surface area contributed by atoms with Gasteiger partial charge < -0.3 is 14.2 Å². The summed E-state index contributed by atoms with van der Waals surface area (Å²) in [6.07, 6.45) is -1.11. The number of aromatic nitrogens is 2. The monoisotopic (exact) mass is 382 g/mol. The second-order valence-electron chi connectivity index (χ2n) is 7.05. The Kier molecular flexibility index (Phi) is 4.63. The van der Waals surface area contributed by atoms with Gasteiger partial charge in [0.1, 0.15) is 5.75 Å². The third-order valence-electron chi connectivity index (χ3n) is 5.20. The molecule has 4 rings (SSSR count). The molecule has 0 N–H and O–H groups in total. The number of rotatable bonds is 3. The second kappa shape index (κ2) is 6.83. The molecule has 8 heteroatoms. The first kappa shape index (κ1) is 18.3. The molecule has 0 bridgehead atoms. The molecule has 2 heterocycles. The normalized spacial score (nSPS) is 20.3. The van der Waals surface area contributed by atoms with Gasteiger partial charge in [0, 0.05) is 24.5 Å². The molecular weight excluding hydrogens is 361 g/mol. The minimum Gasteiger partial charge on any atom is -0.406 e. The largest absolute Gasteiger partial charge is 0.573 e. The van der Waals surface area contributed by atoms with Crippen LogP contribution in [0.25, 0.3) is 5.69 Å². The van der Waals surface area contributed by atoms with Crippen LogP contribution in [0.3, 0.4) is 0 Å². The summed E-state index contributed by atoms with van der Waals surface area (Å²) in [5.74, 6) is -0.316. The number of hydrogen-bond donors (Lipinski definition) is 0. The fourth-order valence-corrected chi connectivity index (χ4v) is 3.89. The Morgan fingerprint density at radius 2 is 1.74 bits per heavy atom. The molecule has 2 aromatic rings. The van der Waals surface area contributed by atoms with Crippen LogP contribution in [0.1, 0.15) is 43.0 Å². The van der Waals surface area contributed by atoms with Gasteiger partial charge in [0.05, 0.1) is 24.6 Å². The van der Waals surface area contributed by atoms with Gasteiger partial charge in [-0.1, -0.05) is 0 Å². The average Bonchev–Trinajstić information content (AvgIpc) is 3.22. The van der Waals surface area contributed by atoms with Gasteiger partial charge in [-0.3, -0.25) is 0 Å². The van der Waals surface area contributed by atoms with Gasteiger partial charge >= 0.3 is 6.36 Å². The number of aryl methyl sites for hydroxylation is 1. The van der Waals surface area contributed by atoms with E-state index in [0.29, 0.717) is 24.8 Å². The summed E-state index contributed by atoms with van der Waals surface area (Å²) in [6.45, 7) is 3.25. The number of nitrogens with zero attached hydrogens (tertiary/aromatic N) is 2. The molecule has 5 nitrogen and oxygen atoms in total. The summed E-state index contributed by atoms with van der Waals surface area (Å²) < 4.78 is 54.1. The van der Waals surface area contributed by atoms with Crippen molar-refractivity contribution in [2.75, 3.05) is 13.2 Å². The maximum absolute atomic E-state index is 12.3. The lowest BCUT2D eigenvalue weighted by Crippen LogP contribution is -2.34. The van der Waals surface area contributed by atoms with Crippen LogP contribution in [0.15, 0.2) is 30.3 Å². The summed E-state index contributed by atoms with van der Waals surface area (Å²) >= 11 is 0. The molecule has 2 fully saturated rings. The number of benzene rings is 1. The van der Waals surface area contributed by atoms with E-state index in [9.17, 15) is 13.2 Å². The minimum absolute atomic E-state index is 0.245. The Morgan fingerprint density at radius 3 is 2.33 bits per heavy atom. The molecule has 27 heavy (non-hydrogen) atoms. The number of hydrogen-bond acceptors (Lipinski definition) is 4. The van der Waals surface area contributed by atoms with E-state index in [-0.39, 0.29) is 5.75 Å². The zero-order chi connectivity index (χ0) is 19.1. The van der Waals surface area contributed by atoms with Crippen molar-refractivity contribution in [3.63, 3.8) is 0 Å². The van der Waals surface area contributed by atoms with Crippen LogP contribution < -0.4 is 4.74 Å². The molecule has 0 radical (unpaired) electrons. The lowest BCUT2D eigenvalue weighted by molar-refractivity contribution is -0.274. The number of ether oxygens (including phenoxy) is 3. The van der Waals surface area contributed by atoms with Crippen LogP contribution >= 0.6 is 0 Å². The highest BCUT2D eigenvalue weighted by Gasteiger charge is 2.41. The molecule has 0 amide bonds. The summed E-state index contributed by atoms with van der Waals surface area (Å²) in [6, 6.07) is 7.77. The molecule has 1 aliphatic carbocycles. The van der Waals surface area contributed by atoms with Crippen LogP contribution in [0.4, 0.5) is 13.2 Å². The van der Waals surface area contributed by atoms with E-state index in [4.69, 9.17) is 14.6 Å². The highest BCUT2D eigenvalue weighted by molar-refractivity contribution is 5.38. The van der Waals surface area contributed by atoms with Crippen LogP contribution in [-0.4, -0.2) is 35.1 Å². The molecule has 1 aromatic carbocycles. The van der Waals surface area contributed by atoms with Crippen molar-refractivity contribution in [1.82, 2.24) is 9.78 Å². The van der Waals surface area contributed by atoms with E-state index in [0.717, 1.165) is 37.1 Å². The average molecular weight is 382 g/mol. The smallest absolute Gasteiger partial charge is 0.406 e. The van der Waals surface area contributed by atoms with Gasteiger partial charge in [-0.15, -0.1) is 13.2 Å². The third kappa shape index (κ3) is 3.96. The Balaban J connectivity index is 1.47. The van der Waals surface area contributed by atoms with Crippen molar-refractivity contribution in [3.8, 4) is 11.4 Å². The van der Waals surface area contributed by atoms with Gasteiger partial charge in [0.15, 0.2) is 5.79 Å². The fourth-order valence-electron chi connectivity index (χ4n) is 3.89. The SMILES string of the molecule is Cc1cc(C2CCC3(CC2)OCCO3)nn1-c1ccc(OC(F)(F)F)cc1. The Bertz CT molecular complexity index is 786. The van der Waals surface area contributed by atoms with Crippen molar-refractivity contribution in [2.24, 2.45) is 0 Å². The topological polar surface area (TPSA) is 45.5 Å². The van der Waals surface area contributed by atoms with E-state index >= 15 is 0 Å². The lowest BCUT2D eigenvalue weighted by Gasteiger charge is -2.34. The zero-order valence-electron chi connectivity index (χ0n) is 15.0. The standard InChI is InChI=1S/C19H21F3N2O3/c1-13-12-17(14-6-8-18(9-7-14)25-10-11-26-18)23-24(13)15-2-4-16(5-3-15)27-19(20,21)22/h2-5,12,14H,6-11H2,1H3. The molecule has 1 saturated heterocycles. The molecule has 1 aliphatic heterocycles. The van der Waals surface area contributed by atoms with Gasteiger partial charge in [0.25, 0.3) is 0 Å². The molecule has 0 atom stereocenters. The van der Waals surface area contributed by atoms with Crippen LogP contribution in [-0.2, 0) is 9.47 Å². The summed E-state index contributed by atoms with van der Waals surface area (Å²) in [4.78, 5) is 0. The molecular formula is C19H21F3N2O3. The molecule has 2 aliphatic rings. The number of alkyl halides is 3. The molecule has 146 valence electrons. The molecule has 1 aromatic heterocycles. The molecule has 1 saturated carbocycles. The van der Waals surface area contributed by atoms with Gasteiger partial charge in [-0.05, 0) is 50.1 Å². The maximum Gasteiger partial charge on any atom is 0.573 e. The van der Waals surface area contributed by atoms with E-state index in [1.54, 1.807) is 16.8 Å². The minimum atomic E-state index is -4.69. The van der Waals surface area contributed by atoms with Crippen LogP contribution in [0.2, 0.25) is 0 Å². The Hall–Kier alpha value is -2.06. The molecule has 1 spiro atoms. The van der Waals surface area contributed by atoms with E-state index in [1.807, 2.05) is 13.0 Å². The van der Waals surface area contributed by atoms with E-state index in [1.165, 1.54) is 12.1 Å². The van der Waals surface area contributed by atoms with Gasteiger partial charge in [0.2, 0.25) is 0 Å². The summed E-state index contributed by atoms with van der Waals surface area (Å²) in [5, 5.41) is 4.69. The van der Waals surface area contributed by atoms with Crippen molar-refractivity contribution in [2.45, 2.75) is 50.7 Å². The Labute approximate surface area is 155 Å². The second-order valence-corrected chi connectivity index (χ2v) is 7.05. The maximum atomic E-state index is 12.3. The quantitative estimate of drug-likeness (QED) is 0.785. The van der Waals surface area contributed by atoms with Crippen molar-refractivity contribution < 1.29 is 27.4 Å². The fraction of sp³-hybridized carbons (Fsp3) is 0.526. The predicted molar refractivity (Wildman–Crippen MR) is 90.8 cm³/mol. The van der Waals surface area contributed by atoms with Crippen molar-refractivity contribution in [3.05, 3.63) is 41.7 Å². The summed E-state index contributed by atoms with van der Waals surface area (Å²) in [5.41, 5.74) is 2.63. The highest BCUT2D eigenvalue weighted by atomic mass is 19.4. The van der Waals surface area contributed by atoms with Crippen molar-refractivity contribution >= 4 is 0 Å². The first-order chi connectivity index (χ1) is 12.8. The predicted octanol–water partition coefficient (Wildman–Crippen LogP) is 4.48.